The van der Waals surface area contributed by atoms with Crippen LogP contribution in [0.15, 0.2) is 4.47 Å². The number of hydrogen-bond donors (Lipinski definition) is 1. The van der Waals surface area contributed by atoms with Crippen molar-refractivity contribution >= 4 is 27.7 Å². The average molecular weight is 334 g/mol. The Hall–Kier alpha value is -0.0000000000000000763. The molecule has 0 amide bonds. The molecule has 0 bridgehead atoms. The second-order valence-corrected chi connectivity index (χ2v) is 7.14. The van der Waals surface area contributed by atoms with Crippen LogP contribution in [-0.2, 0) is 13.0 Å². The lowest BCUT2D eigenvalue weighted by Gasteiger charge is -2.18. The third kappa shape index (κ3) is 4.28. The zero-order valence-electron chi connectivity index (χ0n) is 12.0. The highest BCUT2D eigenvalue weighted by Crippen LogP contribution is 2.23. The van der Waals surface area contributed by atoms with E-state index >= 15 is 0 Å². The Morgan fingerprint density at radius 2 is 2.11 bits per heavy atom. The molecule has 1 N–H and O–H groups in total. The van der Waals surface area contributed by atoms with E-state index in [0.717, 1.165) is 24.4 Å². The van der Waals surface area contributed by atoms with Crippen LogP contribution < -0.4 is 5.32 Å². The molecule has 0 radical (unpaired) electrons. The van der Waals surface area contributed by atoms with Crippen molar-refractivity contribution in [2.45, 2.75) is 52.0 Å². The Morgan fingerprint density at radius 1 is 1.44 bits per heavy atom. The van der Waals surface area contributed by atoms with Crippen molar-refractivity contribution in [1.29, 1.82) is 0 Å². The Balaban J connectivity index is 2.74. The van der Waals surface area contributed by atoms with E-state index in [1.165, 1.54) is 10.2 Å². The monoisotopic (exact) mass is 333 g/mol. The zero-order chi connectivity index (χ0) is 13.7. The largest absolute Gasteiger partial charge is 0.316 e. The number of nitrogens with one attached hydrogen (secondary N) is 1. The van der Waals surface area contributed by atoms with Crippen LogP contribution in [0, 0.1) is 6.92 Å². The molecule has 0 aromatic carbocycles. The van der Waals surface area contributed by atoms with E-state index in [1.54, 1.807) is 0 Å². The summed E-state index contributed by atoms with van der Waals surface area (Å²) >= 11 is 5.66. The average Bonchev–Trinajstić information content (AvgIpc) is 2.61. The van der Waals surface area contributed by atoms with Crippen LogP contribution in [-0.4, -0.2) is 33.9 Å². The molecule has 0 saturated carbocycles. The van der Waals surface area contributed by atoms with Crippen molar-refractivity contribution in [3.05, 3.63) is 15.9 Å². The summed E-state index contributed by atoms with van der Waals surface area (Å²) in [6.07, 6.45) is 1.02. The van der Waals surface area contributed by atoms with Crippen molar-refractivity contribution in [1.82, 2.24) is 15.1 Å². The summed E-state index contributed by atoms with van der Waals surface area (Å²) in [5.74, 6) is 1.13. The van der Waals surface area contributed by atoms with Crippen molar-refractivity contribution < 1.29 is 0 Å². The molecule has 1 aromatic rings. The Morgan fingerprint density at radius 3 is 2.61 bits per heavy atom. The number of likely N-dealkylation sites (N-methyl/N-ethyl adjacent to an activating group) is 1. The van der Waals surface area contributed by atoms with Crippen molar-refractivity contribution in [2.75, 3.05) is 12.8 Å². The molecular weight excluding hydrogens is 310 g/mol. The summed E-state index contributed by atoms with van der Waals surface area (Å²) in [4.78, 5) is 0. The fraction of sp³-hybridized carbons (Fsp3) is 0.769. The molecule has 0 fully saturated rings. The fourth-order valence-electron chi connectivity index (χ4n) is 1.85. The van der Waals surface area contributed by atoms with Gasteiger partial charge in [0.25, 0.3) is 0 Å². The molecule has 0 saturated heterocycles. The van der Waals surface area contributed by atoms with Gasteiger partial charge in [-0.3, -0.25) is 4.68 Å². The molecule has 0 aliphatic rings. The highest BCUT2D eigenvalue weighted by molar-refractivity contribution is 9.10. The maximum absolute atomic E-state index is 4.55. The molecule has 0 spiro atoms. The minimum absolute atomic E-state index is 0.495. The maximum atomic E-state index is 4.55. The fourth-order valence-corrected chi connectivity index (χ4v) is 3.20. The zero-order valence-corrected chi connectivity index (χ0v) is 14.4. The van der Waals surface area contributed by atoms with Crippen LogP contribution in [0.25, 0.3) is 0 Å². The molecule has 5 heteroatoms. The molecule has 1 rings (SSSR count). The molecule has 18 heavy (non-hydrogen) atoms. The summed E-state index contributed by atoms with van der Waals surface area (Å²) in [5, 5.41) is 8.64. The SMILES string of the molecule is CCn1nc(C)c(Br)c1CC(CSC(C)C)NC. The van der Waals surface area contributed by atoms with Gasteiger partial charge in [-0.2, -0.15) is 16.9 Å². The van der Waals surface area contributed by atoms with E-state index in [-0.39, 0.29) is 0 Å². The summed E-state index contributed by atoms with van der Waals surface area (Å²) in [6.45, 7) is 9.60. The Bertz CT molecular complexity index is 377. The molecule has 1 unspecified atom stereocenters. The van der Waals surface area contributed by atoms with Crippen molar-refractivity contribution in [3.63, 3.8) is 0 Å². The van der Waals surface area contributed by atoms with Gasteiger partial charge in [-0.05, 0) is 42.1 Å². The number of aromatic nitrogens is 2. The van der Waals surface area contributed by atoms with Gasteiger partial charge in [0, 0.05) is 24.8 Å². The van der Waals surface area contributed by atoms with Gasteiger partial charge in [-0.15, -0.1) is 0 Å². The van der Waals surface area contributed by atoms with E-state index in [9.17, 15) is 0 Å². The predicted molar refractivity (Wildman–Crippen MR) is 84.5 cm³/mol. The molecule has 1 aromatic heterocycles. The lowest BCUT2D eigenvalue weighted by molar-refractivity contribution is 0.555. The molecule has 0 aliphatic heterocycles. The van der Waals surface area contributed by atoms with E-state index in [1.807, 2.05) is 18.8 Å². The molecule has 1 atom stereocenters. The van der Waals surface area contributed by atoms with Crippen LogP contribution in [0.4, 0.5) is 0 Å². The third-order valence-corrected chi connectivity index (χ3v) is 5.22. The topological polar surface area (TPSA) is 29.9 Å². The van der Waals surface area contributed by atoms with Gasteiger partial charge in [0.05, 0.1) is 15.9 Å². The number of nitrogens with zero attached hydrogens (tertiary/aromatic N) is 2. The van der Waals surface area contributed by atoms with E-state index in [4.69, 9.17) is 0 Å². The highest BCUT2D eigenvalue weighted by atomic mass is 79.9. The first-order chi connectivity index (χ1) is 8.49. The highest BCUT2D eigenvalue weighted by Gasteiger charge is 2.17. The number of hydrogen-bond acceptors (Lipinski definition) is 3. The summed E-state index contributed by atoms with van der Waals surface area (Å²) in [5.41, 5.74) is 2.39. The first-order valence-corrected chi connectivity index (χ1v) is 8.34. The normalized spacial score (nSPS) is 13.3. The van der Waals surface area contributed by atoms with Gasteiger partial charge < -0.3 is 5.32 Å². The van der Waals surface area contributed by atoms with E-state index < -0.39 is 0 Å². The Kier molecular flexibility index (Phi) is 6.74. The van der Waals surface area contributed by atoms with Gasteiger partial charge in [0.1, 0.15) is 0 Å². The number of rotatable bonds is 7. The molecule has 0 aliphatic carbocycles. The van der Waals surface area contributed by atoms with Gasteiger partial charge in [0.15, 0.2) is 0 Å². The van der Waals surface area contributed by atoms with Gasteiger partial charge in [-0.1, -0.05) is 13.8 Å². The van der Waals surface area contributed by atoms with Gasteiger partial charge in [0.2, 0.25) is 0 Å². The number of aryl methyl sites for hydroxylation is 2. The summed E-state index contributed by atoms with van der Waals surface area (Å²) in [7, 11) is 2.04. The summed E-state index contributed by atoms with van der Waals surface area (Å²) < 4.78 is 3.27. The molecule has 1 heterocycles. The minimum atomic E-state index is 0.495. The number of halogens is 1. The second-order valence-electron chi connectivity index (χ2n) is 4.73. The van der Waals surface area contributed by atoms with Crippen molar-refractivity contribution in [2.24, 2.45) is 0 Å². The third-order valence-electron chi connectivity index (χ3n) is 2.93. The van der Waals surface area contributed by atoms with Crippen molar-refractivity contribution in [3.8, 4) is 0 Å². The van der Waals surface area contributed by atoms with Crippen LogP contribution in [0.2, 0.25) is 0 Å². The maximum Gasteiger partial charge on any atom is 0.0738 e. The smallest absolute Gasteiger partial charge is 0.0738 e. The minimum Gasteiger partial charge on any atom is -0.316 e. The lowest BCUT2D eigenvalue weighted by Crippen LogP contribution is -2.31. The standard InChI is InChI=1S/C13H24BrN3S/c1-6-17-12(13(14)10(4)16-17)7-11(15-5)8-18-9(2)3/h9,11,15H,6-8H2,1-5H3. The molecule has 3 nitrogen and oxygen atoms in total. The first kappa shape index (κ1) is 16.1. The van der Waals surface area contributed by atoms with Crippen LogP contribution >= 0.6 is 27.7 Å². The van der Waals surface area contributed by atoms with Crippen LogP contribution in [0.3, 0.4) is 0 Å². The molecule has 104 valence electrons. The Labute approximate surface area is 123 Å². The first-order valence-electron chi connectivity index (χ1n) is 6.50. The quantitative estimate of drug-likeness (QED) is 0.830. The second kappa shape index (κ2) is 7.56. The summed E-state index contributed by atoms with van der Waals surface area (Å²) in [6, 6.07) is 0.495. The van der Waals surface area contributed by atoms with E-state index in [0.29, 0.717) is 11.3 Å². The van der Waals surface area contributed by atoms with E-state index in [2.05, 4.69) is 58.7 Å². The van der Waals surface area contributed by atoms with Crippen LogP contribution in [0.5, 0.6) is 0 Å². The van der Waals surface area contributed by atoms with Crippen LogP contribution in [0.1, 0.15) is 32.2 Å². The number of thioether (sulfide) groups is 1. The van der Waals surface area contributed by atoms with Gasteiger partial charge in [-0.25, -0.2) is 0 Å². The molecular formula is C13H24BrN3S. The predicted octanol–water partition coefficient (Wildman–Crippen LogP) is 3.25. The lowest BCUT2D eigenvalue weighted by atomic mass is 10.2. The van der Waals surface area contributed by atoms with Gasteiger partial charge >= 0.3 is 0 Å².